The normalized spacial score (nSPS) is 54.1. The molecule has 0 heterocycles. The van der Waals surface area contributed by atoms with Gasteiger partial charge in [0.2, 0.25) is 0 Å². The van der Waals surface area contributed by atoms with E-state index in [0.29, 0.717) is 10.8 Å². The number of hydrogen-bond donors (Lipinski definition) is 1. The molecule has 15 heavy (non-hydrogen) atoms. The lowest BCUT2D eigenvalue weighted by Crippen LogP contribution is -2.47. The van der Waals surface area contributed by atoms with E-state index < -0.39 is 5.60 Å². The molecule has 84 valence electrons. The summed E-state index contributed by atoms with van der Waals surface area (Å²) in [6, 6.07) is 0. The van der Waals surface area contributed by atoms with Gasteiger partial charge < -0.3 is 5.11 Å². The average Bonchev–Trinajstić information content (AvgIpc) is 2.40. The first-order chi connectivity index (χ1) is 7.00. The van der Waals surface area contributed by atoms with Crippen molar-refractivity contribution in [1.29, 1.82) is 0 Å². The Morgan fingerprint density at radius 2 is 1.87 bits per heavy atom. The van der Waals surface area contributed by atoms with Crippen LogP contribution in [0.5, 0.6) is 0 Å². The summed E-state index contributed by atoms with van der Waals surface area (Å²) in [7, 11) is 0. The van der Waals surface area contributed by atoms with Crippen molar-refractivity contribution in [2.24, 2.45) is 10.8 Å². The molecule has 1 heteroatoms. The topological polar surface area (TPSA) is 20.2 Å². The molecule has 1 spiro atoms. The summed E-state index contributed by atoms with van der Waals surface area (Å²) in [4.78, 5) is 0. The number of hydrogen-bond acceptors (Lipinski definition) is 1. The molecule has 3 aliphatic carbocycles. The third kappa shape index (κ3) is 1.08. The Balaban J connectivity index is 2.04. The molecule has 0 aromatic carbocycles. The van der Waals surface area contributed by atoms with Crippen molar-refractivity contribution >= 4 is 0 Å². The lowest BCUT2D eigenvalue weighted by molar-refractivity contribution is -0.0824. The third-order valence-electron chi connectivity index (χ3n) is 5.85. The summed E-state index contributed by atoms with van der Waals surface area (Å²) in [6.45, 7) is 6.60. The van der Waals surface area contributed by atoms with Crippen molar-refractivity contribution in [3.63, 3.8) is 0 Å². The molecule has 3 rings (SSSR count). The predicted octanol–water partition coefficient (Wildman–Crippen LogP) is 3.43. The molecule has 0 aromatic heterocycles. The van der Waals surface area contributed by atoms with Crippen LogP contribution in [0.15, 0.2) is 12.2 Å². The van der Waals surface area contributed by atoms with Crippen LogP contribution in [0.2, 0.25) is 0 Å². The lowest BCUT2D eigenvalue weighted by Gasteiger charge is -2.54. The fourth-order valence-electron chi connectivity index (χ4n) is 4.61. The summed E-state index contributed by atoms with van der Waals surface area (Å²) in [5, 5.41) is 10.5. The Hall–Kier alpha value is -0.300. The first kappa shape index (κ1) is 9.89. The van der Waals surface area contributed by atoms with Crippen LogP contribution < -0.4 is 0 Å². The largest absolute Gasteiger partial charge is 0.386 e. The van der Waals surface area contributed by atoms with Crippen LogP contribution in [0.4, 0.5) is 0 Å². The van der Waals surface area contributed by atoms with Crippen LogP contribution in [-0.4, -0.2) is 10.7 Å². The molecule has 2 bridgehead atoms. The van der Waals surface area contributed by atoms with Gasteiger partial charge in [-0.05, 0) is 54.9 Å². The standard InChI is InChI=1S/C14H22O/c1-11-9-13-6-4-3-5-12(13,2)7-8-14(11,15)10-13/h15H,1,3-10H2,2H3/t12-,13+,14-/m0/s1. The summed E-state index contributed by atoms with van der Waals surface area (Å²) < 4.78 is 0. The van der Waals surface area contributed by atoms with Crippen LogP contribution in [0.1, 0.15) is 58.3 Å². The van der Waals surface area contributed by atoms with Crippen molar-refractivity contribution in [2.45, 2.75) is 63.9 Å². The number of rotatable bonds is 0. The number of aliphatic hydroxyl groups is 1. The second-order valence-electron chi connectivity index (χ2n) is 6.54. The van der Waals surface area contributed by atoms with Crippen LogP contribution in [-0.2, 0) is 0 Å². The first-order valence-corrected chi connectivity index (χ1v) is 6.41. The molecule has 1 N–H and O–H groups in total. The monoisotopic (exact) mass is 206 g/mol. The SMILES string of the molecule is C=C1C[C@@]23CCCC[C@@]2(C)CC[C@]1(O)C3. The minimum atomic E-state index is -0.489. The van der Waals surface area contributed by atoms with Gasteiger partial charge in [-0.3, -0.25) is 0 Å². The fraction of sp³-hybridized carbons (Fsp3) is 0.857. The Morgan fingerprint density at radius 3 is 2.67 bits per heavy atom. The van der Waals surface area contributed by atoms with Crippen LogP contribution >= 0.6 is 0 Å². The molecule has 3 fully saturated rings. The molecular weight excluding hydrogens is 184 g/mol. The molecule has 3 aliphatic rings. The van der Waals surface area contributed by atoms with Gasteiger partial charge in [0.15, 0.2) is 0 Å². The van der Waals surface area contributed by atoms with E-state index in [9.17, 15) is 5.11 Å². The van der Waals surface area contributed by atoms with Gasteiger partial charge in [0.1, 0.15) is 0 Å². The van der Waals surface area contributed by atoms with E-state index in [-0.39, 0.29) is 0 Å². The van der Waals surface area contributed by atoms with Crippen LogP contribution in [0, 0.1) is 10.8 Å². The molecule has 1 nitrogen and oxygen atoms in total. The van der Waals surface area contributed by atoms with Gasteiger partial charge in [-0.25, -0.2) is 0 Å². The van der Waals surface area contributed by atoms with Crippen molar-refractivity contribution in [3.05, 3.63) is 12.2 Å². The minimum Gasteiger partial charge on any atom is -0.386 e. The zero-order chi connectivity index (χ0) is 10.7. The molecule has 0 aromatic rings. The molecule has 0 saturated heterocycles. The van der Waals surface area contributed by atoms with Crippen molar-refractivity contribution in [1.82, 2.24) is 0 Å². The highest BCUT2D eigenvalue weighted by atomic mass is 16.3. The quantitative estimate of drug-likeness (QED) is 0.602. The molecule has 0 amide bonds. The van der Waals surface area contributed by atoms with E-state index in [1.54, 1.807) is 0 Å². The zero-order valence-corrected chi connectivity index (χ0v) is 9.81. The number of fused-ring (bicyclic) bond motifs is 1. The van der Waals surface area contributed by atoms with Crippen molar-refractivity contribution in [3.8, 4) is 0 Å². The van der Waals surface area contributed by atoms with Gasteiger partial charge in [0.25, 0.3) is 0 Å². The first-order valence-electron chi connectivity index (χ1n) is 6.41. The van der Waals surface area contributed by atoms with Gasteiger partial charge in [-0.15, -0.1) is 0 Å². The van der Waals surface area contributed by atoms with E-state index >= 15 is 0 Å². The molecule has 0 radical (unpaired) electrons. The Morgan fingerprint density at radius 1 is 1.13 bits per heavy atom. The molecule has 0 aliphatic heterocycles. The maximum absolute atomic E-state index is 10.5. The highest BCUT2D eigenvalue weighted by Crippen LogP contribution is 2.68. The van der Waals surface area contributed by atoms with Crippen LogP contribution in [0.3, 0.4) is 0 Å². The van der Waals surface area contributed by atoms with Gasteiger partial charge in [0, 0.05) is 0 Å². The lowest BCUT2D eigenvalue weighted by atomic mass is 9.51. The maximum Gasteiger partial charge on any atom is 0.0860 e. The van der Waals surface area contributed by atoms with Gasteiger partial charge in [-0.1, -0.05) is 26.3 Å². The third-order valence-corrected chi connectivity index (χ3v) is 5.85. The minimum absolute atomic E-state index is 0.412. The summed E-state index contributed by atoms with van der Waals surface area (Å²) >= 11 is 0. The smallest absolute Gasteiger partial charge is 0.0860 e. The average molecular weight is 206 g/mol. The van der Waals surface area contributed by atoms with Crippen LogP contribution in [0.25, 0.3) is 0 Å². The van der Waals surface area contributed by atoms with E-state index in [1.165, 1.54) is 32.1 Å². The zero-order valence-electron chi connectivity index (χ0n) is 9.81. The highest BCUT2D eigenvalue weighted by Gasteiger charge is 2.62. The summed E-state index contributed by atoms with van der Waals surface area (Å²) in [5.41, 5.74) is 1.55. The fourth-order valence-corrected chi connectivity index (χ4v) is 4.61. The Labute approximate surface area is 92.6 Å². The van der Waals surface area contributed by atoms with E-state index in [0.717, 1.165) is 24.8 Å². The molecule has 0 unspecified atom stereocenters. The summed E-state index contributed by atoms with van der Waals surface area (Å²) in [5.74, 6) is 0. The van der Waals surface area contributed by atoms with E-state index in [4.69, 9.17) is 0 Å². The van der Waals surface area contributed by atoms with Crippen molar-refractivity contribution < 1.29 is 5.11 Å². The summed E-state index contributed by atoms with van der Waals surface area (Å²) in [6.07, 6.45) is 9.73. The Kier molecular flexibility index (Phi) is 1.77. The maximum atomic E-state index is 10.5. The molecule has 3 atom stereocenters. The molecular formula is C14H22O. The van der Waals surface area contributed by atoms with Gasteiger partial charge in [-0.2, -0.15) is 0 Å². The second kappa shape index (κ2) is 2.68. The van der Waals surface area contributed by atoms with Gasteiger partial charge in [0.05, 0.1) is 5.60 Å². The highest BCUT2D eigenvalue weighted by molar-refractivity contribution is 5.28. The van der Waals surface area contributed by atoms with Crippen molar-refractivity contribution in [2.75, 3.05) is 0 Å². The second-order valence-corrected chi connectivity index (χ2v) is 6.54. The van der Waals surface area contributed by atoms with E-state index in [1.807, 2.05) is 0 Å². The molecule has 3 saturated carbocycles. The van der Waals surface area contributed by atoms with E-state index in [2.05, 4.69) is 13.5 Å². The predicted molar refractivity (Wildman–Crippen MR) is 61.6 cm³/mol. The van der Waals surface area contributed by atoms with Gasteiger partial charge >= 0.3 is 0 Å². The Bertz CT molecular complexity index is 321.